The number of rotatable bonds is 5. The Morgan fingerprint density at radius 3 is 2.13 bits per heavy atom. The Labute approximate surface area is 174 Å². The Hall–Kier alpha value is -3.54. The molecule has 2 aromatic carbocycles. The summed E-state index contributed by atoms with van der Waals surface area (Å²) < 4.78 is 25.1. The minimum absolute atomic E-state index is 0.152. The largest absolute Gasteiger partial charge is 0.439 e. The molecule has 0 aliphatic rings. The van der Waals surface area contributed by atoms with Crippen LogP contribution in [0.5, 0.6) is 11.6 Å². The first-order chi connectivity index (χ1) is 14.3. The lowest BCUT2D eigenvalue weighted by Crippen LogP contribution is -2.18. The van der Waals surface area contributed by atoms with Crippen molar-refractivity contribution in [1.29, 1.82) is 0 Å². The molecule has 30 heavy (non-hydrogen) atoms. The second-order valence-corrected chi connectivity index (χ2v) is 7.76. The first kappa shape index (κ1) is 19.8. The molecule has 0 amide bonds. The van der Waals surface area contributed by atoms with E-state index in [1.165, 1.54) is 23.4 Å². The monoisotopic (exact) mass is 403 g/mol. The van der Waals surface area contributed by atoms with Crippen LogP contribution in [-0.2, 0) is 5.41 Å². The molecule has 2 aromatic heterocycles. The normalized spacial score (nSPS) is 11.5. The summed E-state index contributed by atoms with van der Waals surface area (Å²) in [5, 5.41) is 3.72. The molecule has 6 heteroatoms. The minimum atomic E-state index is -0.530. The molecule has 0 fully saturated rings. The third-order valence-electron chi connectivity index (χ3n) is 5.17. The van der Waals surface area contributed by atoms with Gasteiger partial charge in [-0.2, -0.15) is 4.98 Å². The molecule has 2 heterocycles. The van der Waals surface area contributed by atoms with Crippen molar-refractivity contribution in [1.82, 2.24) is 15.1 Å². The van der Waals surface area contributed by atoms with Crippen LogP contribution in [0.2, 0.25) is 0 Å². The highest BCUT2D eigenvalue weighted by Gasteiger charge is 2.23. The maximum atomic E-state index is 14.4. The molecular formula is C24H22FN3O2. The first-order valence-electron chi connectivity index (χ1n) is 9.65. The summed E-state index contributed by atoms with van der Waals surface area (Å²) in [6.07, 6.45) is 1.34. The molecule has 0 aliphatic carbocycles. The lowest BCUT2D eigenvalue weighted by Gasteiger charge is -2.26. The van der Waals surface area contributed by atoms with E-state index in [4.69, 9.17) is 9.26 Å². The third kappa shape index (κ3) is 3.94. The molecule has 5 nitrogen and oxygen atoms in total. The van der Waals surface area contributed by atoms with Gasteiger partial charge in [0.2, 0.25) is 17.6 Å². The van der Waals surface area contributed by atoms with Gasteiger partial charge < -0.3 is 9.26 Å². The SMILES string of the molecule is Cc1ccc(C(C)(C)c2ccc(Oc3cc(F)c(-c4noc(C)n4)cn3)cc2)cc1. The van der Waals surface area contributed by atoms with E-state index in [-0.39, 0.29) is 22.7 Å². The number of nitrogens with zero attached hydrogens (tertiary/aromatic N) is 3. The number of pyridine rings is 1. The maximum Gasteiger partial charge on any atom is 0.223 e. The van der Waals surface area contributed by atoms with Gasteiger partial charge in [-0.05, 0) is 30.2 Å². The van der Waals surface area contributed by atoms with Gasteiger partial charge in [0.05, 0.1) is 5.56 Å². The summed E-state index contributed by atoms with van der Waals surface area (Å²) in [7, 11) is 0. The van der Waals surface area contributed by atoms with E-state index in [1.54, 1.807) is 6.92 Å². The Balaban J connectivity index is 1.52. The van der Waals surface area contributed by atoms with E-state index < -0.39 is 5.82 Å². The number of hydrogen-bond acceptors (Lipinski definition) is 5. The van der Waals surface area contributed by atoms with Gasteiger partial charge in [-0.3, -0.25) is 0 Å². The standard InChI is InChI=1S/C24H22FN3O2/c1-15-5-7-17(8-6-15)24(3,4)18-9-11-19(12-10-18)29-22-13-21(25)20(14-26-22)23-27-16(2)30-28-23/h5-14H,1-4H3. The van der Waals surface area contributed by atoms with Gasteiger partial charge in [0, 0.05) is 24.6 Å². The van der Waals surface area contributed by atoms with Gasteiger partial charge in [-0.15, -0.1) is 0 Å². The Kier molecular flexibility index (Phi) is 5.08. The van der Waals surface area contributed by atoms with Crippen molar-refractivity contribution in [2.75, 3.05) is 0 Å². The van der Waals surface area contributed by atoms with Gasteiger partial charge in [-0.25, -0.2) is 9.37 Å². The minimum Gasteiger partial charge on any atom is -0.439 e. The summed E-state index contributed by atoms with van der Waals surface area (Å²) in [6.45, 7) is 8.09. The fourth-order valence-corrected chi connectivity index (χ4v) is 3.24. The van der Waals surface area contributed by atoms with Crippen LogP contribution in [-0.4, -0.2) is 15.1 Å². The summed E-state index contributed by atoms with van der Waals surface area (Å²) in [6, 6.07) is 17.5. The van der Waals surface area contributed by atoms with Crippen molar-refractivity contribution in [2.24, 2.45) is 0 Å². The molecule has 4 aromatic rings. The smallest absolute Gasteiger partial charge is 0.223 e. The number of ether oxygens (including phenoxy) is 1. The van der Waals surface area contributed by atoms with Crippen LogP contribution in [0.3, 0.4) is 0 Å². The number of aromatic nitrogens is 3. The van der Waals surface area contributed by atoms with Crippen LogP contribution in [0, 0.1) is 19.7 Å². The fourth-order valence-electron chi connectivity index (χ4n) is 3.24. The van der Waals surface area contributed by atoms with Gasteiger partial charge in [0.15, 0.2) is 0 Å². The summed E-state index contributed by atoms with van der Waals surface area (Å²) in [5.74, 6) is 0.721. The molecule has 0 unspecified atom stereocenters. The number of halogens is 1. The summed E-state index contributed by atoms with van der Waals surface area (Å²) >= 11 is 0. The van der Waals surface area contributed by atoms with Gasteiger partial charge in [0.25, 0.3) is 0 Å². The molecule has 0 radical (unpaired) electrons. The Bertz CT molecular complexity index is 1170. The van der Waals surface area contributed by atoms with Crippen LogP contribution in [0.4, 0.5) is 4.39 Å². The second kappa shape index (κ2) is 7.71. The third-order valence-corrected chi connectivity index (χ3v) is 5.17. The quantitative estimate of drug-likeness (QED) is 0.409. The van der Waals surface area contributed by atoms with Crippen LogP contribution in [0.15, 0.2) is 65.3 Å². The molecule has 0 atom stereocenters. The van der Waals surface area contributed by atoms with Crippen LogP contribution < -0.4 is 4.74 Å². The molecular weight excluding hydrogens is 381 g/mol. The van der Waals surface area contributed by atoms with Crippen molar-refractivity contribution in [3.05, 3.63) is 89.2 Å². The van der Waals surface area contributed by atoms with Crippen LogP contribution in [0.1, 0.15) is 36.4 Å². The zero-order chi connectivity index (χ0) is 21.3. The molecule has 0 bridgehead atoms. The van der Waals surface area contributed by atoms with E-state index in [2.05, 4.69) is 60.2 Å². The first-order valence-corrected chi connectivity index (χ1v) is 9.65. The molecule has 0 N–H and O–H groups in total. The topological polar surface area (TPSA) is 61.0 Å². The van der Waals surface area contributed by atoms with E-state index in [9.17, 15) is 4.39 Å². The zero-order valence-corrected chi connectivity index (χ0v) is 17.3. The van der Waals surface area contributed by atoms with E-state index in [0.29, 0.717) is 11.6 Å². The van der Waals surface area contributed by atoms with E-state index in [0.717, 1.165) is 5.56 Å². The number of benzene rings is 2. The second-order valence-electron chi connectivity index (χ2n) is 7.76. The zero-order valence-electron chi connectivity index (χ0n) is 17.3. The molecule has 4 rings (SSSR count). The van der Waals surface area contributed by atoms with Crippen LogP contribution in [0.25, 0.3) is 11.4 Å². The summed E-state index contributed by atoms with van der Waals surface area (Å²) in [4.78, 5) is 8.18. The summed E-state index contributed by atoms with van der Waals surface area (Å²) in [5.41, 5.74) is 3.63. The van der Waals surface area contributed by atoms with Crippen molar-refractivity contribution < 1.29 is 13.7 Å². The van der Waals surface area contributed by atoms with Crippen molar-refractivity contribution in [2.45, 2.75) is 33.1 Å². The highest BCUT2D eigenvalue weighted by atomic mass is 19.1. The van der Waals surface area contributed by atoms with Crippen molar-refractivity contribution in [3.63, 3.8) is 0 Å². The highest BCUT2D eigenvalue weighted by Crippen LogP contribution is 2.33. The van der Waals surface area contributed by atoms with E-state index >= 15 is 0 Å². The lowest BCUT2D eigenvalue weighted by atomic mass is 9.78. The average molecular weight is 403 g/mol. The van der Waals surface area contributed by atoms with Gasteiger partial charge in [-0.1, -0.05) is 61.0 Å². The predicted octanol–water partition coefficient (Wildman–Crippen LogP) is 6.01. The van der Waals surface area contributed by atoms with Crippen LogP contribution >= 0.6 is 0 Å². The molecule has 0 saturated heterocycles. The number of hydrogen-bond donors (Lipinski definition) is 0. The lowest BCUT2D eigenvalue weighted by molar-refractivity contribution is 0.394. The highest BCUT2D eigenvalue weighted by molar-refractivity contribution is 5.54. The molecule has 0 saturated carbocycles. The molecule has 0 aliphatic heterocycles. The van der Waals surface area contributed by atoms with Gasteiger partial charge >= 0.3 is 0 Å². The predicted molar refractivity (Wildman–Crippen MR) is 112 cm³/mol. The van der Waals surface area contributed by atoms with E-state index in [1.807, 2.05) is 24.3 Å². The Morgan fingerprint density at radius 1 is 0.933 bits per heavy atom. The maximum absolute atomic E-state index is 14.4. The fraction of sp³-hybridized carbons (Fsp3) is 0.208. The van der Waals surface area contributed by atoms with Crippen molar-refractivity contribution in [3.8, 4) is 23.0 Å². The molecule has 0 spiro atoms. The Morgan fingerprint density at radius 2 is 1.57 bits per heavy atom. The van der Waals surface area contributed by atoms with Crippen molar-refractivity contribution >= 4 is 0 Å². The van der Waals surface area contributed by atoms with Gasteiger partial charge in [0.1, 0.15) is 11.6 Å². The average Bonchev–Trinajstić information content (AvgIpc) is 3.15. The number of aryl methyl sites for hydroxylation is 2. The molecule has 152 valence electrons.